The molecule has 0 aliphatic rings. The summed E-state index contributed by atoms with van der Waals surface area (Å²) in [6.45, 7) is 2.05. The van der Waals surface area contributed by atoms with E-state index in [9.17, 15) is 32.4 Å². The van der Waals surface area contributed by atoms with Crippen LogP contribution in [0.1, 0.15) is 30.6 Å². The van der Waals surface area contributed by atoms with Gasteiger partial charge in [0.2, 0.25) is 27.7 Å². The summed E-state index contributed by atoms with van der Waals surface area (Å²) in [7, 11) is -3.90. The van der Waals surface area contributed by atoms with Crippen LogP contribution in [0.3, 0.4) is 0 Å². The molecule has 0 heterocycles. The highest BCUT2D eigenvalue weighted by Gasteiger charge is 2.25. The number of nitrogens with one attached hydrogen (secondary N) is 4. The van der Waals surface area contributed by atoms with Gasteiger partial charge in [-0.3, -0.25) is 19.2 Å². The highest BCUT2D eigenvalue weighted by Crippen LogP contribution is 2.09. The number of carboxylic acid groups (broad SMARTS) is 1. The van der Waals surface area contributed by atoms with Gasteiger partial charge in [0.05, 0.1) is 24.5 Å². The molecule has 0 aliphatic carbocycles. The van der Waals surface area contributed by atoms with Gasteiger partial charge in [0.1, 0.15) is 6.04 Å². The van der Waals surface area contributed by atoms with Crippen molar-refractivity contribution in [2.45, 2.75) is 31.2 Å². The average Bonchev–Trinajstić information content (AvgIpc) is 2.76. The number of nitrogens with two attached hydrogens (primary N) is 1. The molecule has 7 N–H and O–H groups in total. The number of sulfonamides is 1. The molecule has 33 heavy (non-hydrogen) atoms. The normalized spacial score (nSPS) is 12.7. The molecule has 0 saturated heterocycles. The van der Waals surface area contributed by atoms with E-state index < -0.39 is 65.3 Å². The molecule has 13 nitrogen and oxygen atoms in total. The lowest BCUT2D eigenvalue weighted by Crippen LogP contribution is -2.49. The minimum atomic E-state index is -3.90. The third-order valence-corrected chi connectivity index (χ3v) is 5.47. The molecule has 2 unspecified atom stereocenters. The Labute approximate surface area is 190 Å². The zero-order chi connectivity index (χ0) is 25.2. The van der Waals surface area contributed by atoms with Crippen molar-refractivity contribution < 1.29 is 37.5 Å². The van der Waals surface area contributed by atoms with Crippen LogP contribution in [0, 0.1) is 5.92 Å². The molecular formula is C19H27N5O8S. The summed E-state index contributed by atoms with van der Waals surface area (Å²) in [5, 5.41) is 23.2. The van der Waals surface area contributed by atoms with E-state index in [0.29, 0.717) is 6.42 Å². The largest absolute Gasteiger partial charge is 0.480 e. The van der Waals surface area contributed by atoms with Gasteiger partial charge in [-0.25, -0.2) is 18.4 Å². The maximum atomic E-state index is 12.0. The van der Waals surface area contributed by atoms with E-state index in [2.05, 4.69) is 21.3 Å². The fourth-order valence-corrected chi connectivity index (χ4v) is 2.96. The third-order valence-electron chi connectivity index (χ3n) is 4.54. The van der Waals surface area contributed by atoms with Gasteiger partial charge in [0.15, 0.2) is 0 Å². The fraction of sp³-hybridized carbons (Fsp3) is 0.421. The Bertz CT molecular complexity index is 994. The Morgan fingerprint density at radius 1 is 0.909 bits per heavy atom. The van der Waals surface area contributed by atoms with Crippen molar-refractivity contribution in [2.24, 2.45) is 11.1 Å². The molecule has 2 atom stereocenters. The van der Waals surface area contributed by atoms with E-state index in [1.165, 1.54) is 12.1 Å². The summed E-state index contributed by atoms with van der Waals surface area (Å²) < 4.78 is 22.4. The van der Waals surface area contributed by atoms with Crippen LogP contribution in [0.4, 0.5) is 0 Å². The van der Waals surface area contributed by atoms with Gasteiger partial charge in [-0.1, -0.05) is 20.3 Å². The standard InChI is InChI=1S/C19H27N5O8S/c1-3-11(2)17(19(29)30)24-16(27)10-22-14(25)8-21-15(26)9-23-18(28)12-4-6-13(7-5-12)33(20,31)32/h4-7,11,17H,3,8-10H2,1-2H3,(H,21,26)(H,22,25)(H,23,28)(H,24,27)(H,29,30)(H2,20,31,32). The van der Waals surface area contributed by atoms with E-state index in [-0.39, 0.29) is 16.4 Å². The molecular weight excluding hydrogens is 458 g/mol. The second-order valence-corrected chi connectivity index (χ2v) is 8.64. The molecule has 14 heteroatoms. The Hall–Kier alpha value is -3.52. The predicted octanol–water partition coefficient (Wildman–Crippen LogP) is -2.09. The van der Waals surface area contributed by atoms with E-state index in [4.69, 9.17) is 10.2 Å². The molecule has 1 rings (SSSR count). The van der Waals surface area contributed by atoms with Crippen molar-refractivity contribution >= 4 is 39.6 Å². The number of amides is 4. The predicted molar refractivity (Wildman–Crippen MR) is 115 cm³/mol. The monoisotopic (exact) mass is 485 g/mol. The molecule has 1 aromatic rings. The number of hydrogen-bond donors (Lipinski definition) is 6. The Kier molecular flexibility index (Phi) is 10.4. The van der Waals surface area contributed by atoms with Crippen LogP contribution in [0.2, 0.25) is 0 Å². The van der Waals surface area contributed by atoms with Gasteiger partial charge in [0.25, 0.3) is 5.91 Å². The fourth-order valence-electron chi connectivity index (χ4n) is 2.45. The van der Waals surface area contributed by atoms with Gasteiger partial charge < -0.3 is 26.4 Å². The quantitative estimate of drug-likeness (QED) is 0.193. The second kappa shape index (κ2) is 12.5. The van der Waals surface area contributed by atoms with Gasteiger partial charge in [-0.05, 0) is 30.2 Å². The molecule has 0 saturated carbocycles. The van der Waals surface area contributed by atoms with Crippen molar-refractivity contribution in [2.75, 3.05) is 19.6 Å². The molecule has 4 amide bonds. The van der Waals surface area contributed by atoms with E-state index in [0.717, 1.165) is 12.1 Å². The summed E-state index contributed by atoms with van der Waals surface area (Å²) in [6.07, 6.45) is 0.535. The molecule has 1 aromatic carbocycles. The van der Waals surface area contributed by atoms with Crippen molar-refractivity contribution in [1.29, 1.82) is 0 Å². The number of carbonyl (C=O) groups excluding carboxylic acids is 4. The van der Waals surface area contributed by atoms with Crippen LogP contribution >= 0.6 is 0 Å². The highest BCUT2D eigenvalue weighted by molar-refractivity contribution is 7.89. The summed E-state index contributed by atoms with van der Waals surface area (Å²) in [6, 6.07) is 3.65. The van der Waals surface area contributed by atoms with E-state index in [1.54, 1.807) is 13.8 Å². The Balaban J connectivity index is 2.38. The smallest absolute Gasteiger partial charge is 0.326 e. The average molecular weight is 486 g/mol. The van der Waals surface area contributed by atoms with Crippen LogP contribution in [-0.4, -0.2) is 68.8 Å². The highest BCUT2D eigenvalue weighted by atomic mass is 32.2. The zero-order valence-corrected chi connectivity index (χ0v) is 18.9. The number of hydrogen-bond acceptors (Lipinski definition) is 7. The van der Waals surface area contributed by atoms with E-state index >= 15 is 0 Å². The first-order chi connectivity index (χ1) is 15.3. The van der Waals surface area contributed by atoms with Crippen molar-refractivity contribution in [1.82, 2.24) is 21.3 Å². The maximum Gasteiger partial charge on any atom is 0.326 e. The molecule has 0 bridgehead atoms. The summed E-state index contributed by atoms with van der Waals surface area (Å²) >= 11 is 0. The molecule has 0 aromatic heterocycles. The molecule has 0 spiro atoms. The number of aliphatic carboxylic acids is 1. The third kappa shape index (κ3) is 9.65. The first-order valence-electron chi connectivity index (χ1n) is 9.81. The Morgan fingerprint density at radius 2 is 1.39 bits per heavy atom. The lowest BCUT2D eigenvalue weighted by atomic mass is 9.99. The minimum absolute atomic E-state index is 0.0935. The Morgan fingerprint density at radius 3 is 1.85 bits per heavy atom. The second-order valence-electron chi connectivity index (χ2n) is 7.07. The van der Waals surface area contributed by atoms with Gasteiger partial charge in [-0.2, -0.15) is 0 Å². The molecule has 0 aliphatic heterocycles. The van der Waals surface area contributed by atoms with Crippen LogP contribution in [0.15, 0.2) is 29.2 Å². The zero-order valence-electron chi connectivity index (χ0n) is 18.1. The lowest BCUT2D eigenvalue weighted by Gasteiger charge is -2.20. The van der Waals surface area contributed by atoms with E-state index in [1.807, 2.05) is 0 Å². The summed E-state index contributed by atoms with van der Waals surface area (Å²) in [4.78, 5) is 58.4. The lowest BCUT2D eigenvalue weighted by molar-refractivity contribution is -0.143. The number of carboxylic acids is 1. The summed E-state index contributed by atoms with van der Waals surface area (Å²) in [5.74, 6) is -4.21. The number of primary sulfonamides is 1. The minimum Gasteiger partial charge on any atom is -0.480 e. The van der Waals surface area contributed by atoms with Gasteiger partial charge in [-0.15, -0.1) is 0 Å². The number of benzene rings is 1. The van der Waals surface area contributed by atoms with Gasteiger partial charge in [0, 0.05) is 5.56 Å². The van der Waals surface area contributed by atoms with Gasteiger partial charge >= 0.3 is 5.97 Å². The molecule has 182 valence electrons. The van der Waals surface area contributed by atoms with Crippen LogP contribution < -0.4 is 26.4 Å². The first-order valence-corrected chi connectivity index (χ1v) is 11.4. The van der Waals surface area contributed by atoms with Crippen molar-refractivity contribution in [3.63, 3.8) is 0 Å². The number of rotatable bonds is 12. The SMILES string of the molecule is CCC(C)C(NC(=O)CNC(=O)CNC(=O)CNC(=O)c1ccc(S(N)(=O)=O)cc1)C(=O)O. The molecule has 0 fully saturated rings. The van der Waals surface area contributed by atoms with Crippen LogP contribution in [-0.2, 0) is 29.2 Å². The van der Waals surface area contributed by atoms with Crippen LogP contribution in [0.25, 0.3) is 0 Å². The summed E-state index contributed by atoms with van der Waals surface area (Å²) in [5.41, 5.74) is 0.0935. The van der Waals surface area contributed by atoms with Crippen LogP contribution in [0.5, 0.6) is 0 Å². The number of carbonyl (C=O) groups is 5. The van der Waals surface area contributed by atoms with Crippen molar-refractivity contribution in [3.05, 3.63) is 29.8 Å². The molecule has 0 radical (unpaired) electrons. The van der Waals surface area contributed by atoms with Crippen molar-refractivity contribution in [3.8, 4) is 0 Å². The topological polar surface area (TPSA) is 214 Å². The first kappa shape index (κ1) is 27.5. The maximum absolute atomic E-state index is 12.0.